The highest BCUT2D eigenvalue weighted by molar-refractivity contribution is 5.97. The first kappa shape index (κ1) is 16.7. The number of amides is 2. The molecular formula is C18H20N2O3. The average molecular weight is 312 g/mol. The lowest BCUT2D eigenvalue weighted by Gasteiger charge is -2.14. The van der Waals surface area contributed by atoms with Crippen molar-refractivity contribution in [1.29, 1.82) is 0 Å². The molecule has 23 heavy (non-hydrogen) atoms. The van der Waals surface area contributed by atoms with E-state index in [4.69, 9.17) is 4.84 Å². The van der Waals surface area contributed by atoms with Gasteiger partial charge in [0, 0.05) is 5.56 Å². The van der Waals surface area contributed by atoms with Crippen molar-refractivity contribution in [2.24, 2.45) is 0 Å². The highest BCUT2D eigenvalue weighted by Gasteiger charge is 2.16. The molecule has 2 aromatic rings. The molecule has 0 radical (unpaired) electrons. The maximum atomic E-state index is 12.1. The fraction of sp³-hybridized carbons (Fsp3) is 0.222. The molecule has 0 fully saturated rings. The first-order valence-electron chi connectivity index (χ1n) is 7.39. The van der Waals surface area contributed by atoms with Gasteiger partial charge < -0.3 is 5.32 Å². The van der Waals surface area contributed by atoms with Gasteiger partial charge in [-0.15, -0.1) is 0 Å². The molecule has 120 valence electrons. The fourth-order valence-corrected chi connectivity index (χ4v) is 1.98. The number of carbonyl (C=O) groups is 2. The summed E-state index contributed by atoms with van der Waals surface area (Å²) in [4.78, 5) is 29.1. The maximum Gasteiger partial charge on any atom is 0.265 e. The molecule has 5 nitrogen and oxygen atoms in total. The summed E-state index contributed by atoms with van der Waals surface area (Å²) in [7, 11) is 0. The summed E-state index contributed by atoms with van der Waals surface area (Å²) < 4.78 is 0. The summed E-state index contributed by atoms with van der Waals surface area (Å²) in [5.74, 6) is -0.693. The summed E-state index contributed by atoms with van der Waals surface area (Å²) in [6.07, 6.45) is 0. The van der Waals surface area contributed by atoms with Crippen LogP contribution in [0.15, 0.2) is 54.6 Å². The topological polar surface area (TPSA) is 67.4 Å². The summed E-state index contributed by atoms with van der Waals surface area (Å²) in [6, 6.07) is 16.0. The van der Waals surface area contributed by atoms with Crippen LogP contribution in [-0.2, 0) is 16.2 Å². The Labute approximate surface area is 135 Å². The molecule has 0 saturated carbocycles. The van der Waals surface area contributed by atoms with E-state index in [9.17, 15) is 9.59 Å². The lowest BCUT2D eigenvalue weighted by Crippen LogP contribution is -2.44. The van der Waals surface area contributed by atoms with E-state index in [1.54, 1.807) is 25.1 Å². The van der Waals surface area contributed by atoms with Gasteiger partial charge in [-0.25, -0.2) is 5.48 Å². The van der Waals surface area contributed by atoms with E-state index in [0.717, 1.165) is 11.1 Å². The lowest BCUT2D eigenvalue weighted by molar-refractivity contribution is -0.136. The van der Waals surface area contributed by atoms with Crippen LogP contribution in [0.3, 0.4) is 0 Å². The van der Waals surface area contributed by atoms with Gasteiger partial charge in [0.2, 0.25) is 0 Å². The van der Waals surface area contributed by atoms with Crippen LogP contribution in [0.25, 0.3) is 0 Å². The molecule has 0 aliphatic heterocycles. The minimum Gasteiger partial charge on any atom is -0.340 e. The first-order chi connectivity index (χ1) is 11.1. The zero-order chi connectivity index (χ0) is 16.7. The second-order valence-electron chi connectivity index (χ2n) is 5.31. The second-order valence-corrected chi connectivity index (χ2v) is 5.31. The predicted molar refractivity (Wildman–Crippen MR) is 87.5 cm³/mol. The molecule has 0 aliphatic rings. The predicted octanol–water partition coefficient (Wildman–Crippen LogP) is 2.36. The van der Waals surface area contributed by atoms with Crippen molar-refractivity contribution >= 4 is 11.8 Å². The summed E-state index contributed by atoms with van der Waals surface area (Å²) >= 11 is 0. The van der Waals surface area contributed by atoms with E-state index >= 15 is 0 Å². The first-order valence-corrected chi connectivity index (χ1v) is 7.39. The molecule has 0 aliphatic carbocycles. The lowest BCUT2D eigenvalue weighted by atomic mass is 10.1. The van der Waals surface area contributed by atoms with Gasteiger partial charge in [-0.2, -0.15) is 0 Å². The smallest absolute Gasteiger partial charge is 0.265 e. The summed E-state index contributed by atoms with van der Waals surface area (Å²) in [5, 5.41) is 2.64. The number of hydrogen-bond donors (Lipinski definition) is 2. The number of hydroxylamine groups is 1. The van der Waals surface area contributed by atoms with Crippen molar-refractivity contribution in [3.8, 4) is 0 Å². The Hall–Kier alpha value is -2.66. The molecule has 0 spiro atoms. The third-order valence-electron chi connectivity index (χ3n) is 3.28. The van der Waals surface area contributed by atoms with Crippen molar-refractivity contribution in [2.75, 3.05) is 0 Å². The third-order valence-corrected chi connectivity index (χ3v) is 3.28. The van der Waals surface area contributed by atoms with Gasteiger partial charge in [-0.05, 0) is 31.5 Å². The van der Waals surface area contributed by atoms with Crippen LogP contribution in [0.5, 0.6) is 0 Å². The second kappa shape index (κ2) is 8.10. The van der Waals surface area contributed by atoms with Crippen molar-refractivity contribution < 1.29 is 14.4 Å². The SMILES string of the molecule is Cc1cccc(C(=O)NC(C)C(=O)NOCc2ccccc2)c1. The van der Waals surface area contributed by atoms with Crippen LogP contribution in [0.2, 0.25) is 0 Å². The summed E-state index contributed by atoms with van der Waals surface area (Å²) in [6.45, 7) is 3.78. The Morgan fingerprint density at radius 1 is 1.09 bits per heavy atom. The number of hydrogen-bond acceptors (Lipinski definition) is 3. The molecule has 2 aromatic carbocycles. The van der Waals surface area contributed by atoms with Gasteiger partial charge >= 0.3 is 0 Å². The van der Waals surface area contributed by atoms with Crippen LogP contribution >= 0.6 is 0 Å². The number of aryl methyl sites for hydroxylation is 1. The number of rotatable bonds is 6. The van der Waals surface area contributed by atoms with Crippen molar-refractivity contribution in [3.05, 3.63) is 71.3 Å². The molecule has 5 heteroatoms. The van der Waals surface area contributed by atoms with E-state index in [1.165, 1.54) is 0 Å². The molecule has 1 unspecified atom stereocenters. The Balaban J connectivity index is 1.79. The van der Waals surface area contributed by atoms with Gasteiger partial charge in [0.05, 0.1) is 6.61 Å². The number of benzene rings is 2. The monoisotopic (exact) mass is 312 g/mol. The Morgan fingerprint density at radius 2 is 1.83 bits per heavy atom. The zero-order valence-corrected chi connectivity index (χ0v) is 13.2. The maximum absolute atomic E-state index is 12.1. The van der Waals surface area contributed by atoms with Gasteiger partial charge in [0.1, 0.15) is 6.04 Å². The molecule has 2 rings (SSSR count). The molecule has 2 N–H and O–H groups in total. The normalized spacial score (nSPS) is 11.6. The van der Waals surface area contributed by atoms with E-state index in [2.05, 4.69) is 10.8 Å². The third kappa shape index (κ3) is 5.23. The zero-order valence-electron chi connectivity index (χ0n) is 13.2. The molecule has 0 bridgehead atoms. The van der Waals surface area contributed by atoms with Crippen LogP contribution < -0.4 is 10.8 Å². The van der Waals surface area contributed by atoms with Crippen molar-refractivity contribution in [3.63, 3.8) is 0 Å². The highest BCUT2D eigenvalue weighted by Crippen LogP contribution is 2.04. The quantitative estimate of drug-likeness (QED) is 0.805. The van der Waals surface area contributed by atoms with Crippen molar-refractivity contribution in [2.45, 2.75) is 26.5 Å². The van der Waals surface area contributed by atoms with Crippen LogP contribution in [-0.4, -0.2) is 17.9 Å². The standard InChI is InChI=1S/C18H20N2O3/c1-13-7-6-10-16(11-13)18(22)19-14(2)17(21)20-23-12-15-8-4-3-5-9-15/h3-11,14H,12H2,1-2H3,(H,19,22)(H,20,21). The van der Waals surface area contributed by atoms with Crippen LogP contribution in [0, 0.1) is 6.92 Å². The van der Waals surface area contributed by atoms with Gasteiger partial charge in [-0.3, -0.25) is 14.4 Å². The van der Waals surface area contributed by atoms with E-state index in [1.807, 2.05) is 43.3 Å². The Bertz CT molecular complexity index is 671. The largest absolute Gasteiger partial charge is 0.340 e. The minimum absolute atomic E-state index is 0.269. The average Bonchev–Trinajstić information content (AvgIpc) is 2.55. The number of carbonyl (C=O) groups excluding carboxylic acids is 2. The highest BCUT2D eigenvalue weighted by atomic mass is 16.6. The fourth-order valence-electron chi connectivity index (χ4n) is 1.98. The minimum atomic E-state index is -0.696. The molecule has 0 heterocycles. The molecule has 0 saturated heterocycles. The Kier molecular flexibility index (Phi) is 5.88. The molecule has 0 aromatic heterocycles. The molecular weight excluding hydrogens is 292 g/mol. The van der Waals surface area contributed by atoms with Crippen LogP contribution in [0.1, 0.15) is 28.4 Å². The van der Waals surface area contributed by atoms with Gasteiger partial charge in [0.15, 0.2) is 0 Å². The van der Waals surface area contributed by atoms with Gasteiger partial charge in [-0.1, -0.05) is 48.0 Å². The van der Waals surface area contributed by atoms with E-state index < -0.39 is 11.9 Å². The summed E-state index contributed by atoms with van der Waals surface area (Å²) in [5.41, 5.74) is 4.80. The van der Waals surface area contributed by atoms with E-state index in [0.29, 0.717) is 5.56 Å². The number of nitrogens with one attached hydrogen (secondary N) is 2. The van der Waals surface area contributed by atoms with Crippen LogP contribution in [0.4, 0.5) is 0 Å². The molecule has 1 atom stereocenters. The Morgan fingerprint density at radius 3 is 2.52 bits per heavy atom. The van der Waals surface area contributed by atoms with E-state index in [-0.39, 0.29) is 12.5 Å². The van der Waals surface area contributed by atoms with Crippen molar-refractivity contribution in [1.82, 2.24) is 10.8 Å². The molecule has 2 amide bonds. The van der Waals surface area contributed by atoms with Gasteiger partial charge in [0.25, 0.3) is 11.8 Å².